The van der Waals surface area contributed by atoms with Crippen LogP contribution in [0.5, 0.6) is 0 Å². The molecule has 0 saturated carbocycles. The van der Waals surface area contributed by atoms with Gasteiger partial charge in [-0.2, -0.15) is 0 Å². The highest BCUT2D eigenvalue weighted by atomic mass is 16.5. The lowest BCUT2D eigenvalue weighted by atomic mass is 10.00. The lowest BCUT2D eigenvalue weighted by Gasteiger charge is -2.39. The average molecular weight is 441 g/mol. The van der Waals surface area contributed by atoms with E-state index in [1.807, 2.05) is 9.80 Å². The Morgan fingerprint density at radius 1 is 0.903 bits per heavy atom. The van der Waals surface area contributed by atoms with Gasteiger partial charge in [-0.15, -0.1) is 0 Å². The number of ether oxygens (including phenoxy) is 2. The molecule has 180 valence electrons. The summed E-state index contributed by atoms with van der Waals surface area (Å²) in [7, 11) is 0. The first-order chi connectivity index (χ1) is 14.7. The van der Waals surface area contributed by atoms with Gasteiger partial charge in [-0.1, -0.05) is 27.7 Å². The van der Waals surface area contributed by atoms with Gasteiger partial charge in [-0.25, -0.2) is 0 Å². The summed E-state index contributed by atoms with van der Waals surface area (Å²) in [6.07, 6.45) is 4.14. The molecule has 7 heteroatoms. The van der Waals surface area contributed by atoms with Crippen molar-refractivity contribution in [1.82, 2.24) is 9.80 Å². The van der Waals surface area contributed by atoms with Crippen molar-refractivity contribution in [2.45, 2.75) is 79.2 Å². The van der Waals surface area contributed by atoms with Crippen LogP contribution in [0.4, 0.5) is 0 Å². The summed E-state index contributed by atoms with van der Waals surface area (Å²) < 4.78 is 11.0. The number of Topliss-reactive ketones (excluding diaryl/α,β-unsaturated/α-hetero) is 1. The van der Waals surface area contributed by atoms with Crippen LogP contribution in [-0.4, -0.2) is 79.5 Å². The first-order valence-corrected chi connectivity index (χ1v) is 11.9. The maximum absolute atomic E-state index is 12.8. The van der Waals surface area contributed by atoms with E-state index in [9.17, 15) is 14.4 Å². The second kappa shape index (κ2) is 15.4. The van der Waals surface area contributed by atoms with Crippen LogP contribution >= 0.6 is 0 Å². The third-order valence-electron chi connectivity index (χ3n) is 5.54. The van der Waals surface area contributed by atoms with Gasteiger partial charge in [0.1, 0.15) is 5.78 Å². The molecule has 0 atom stereocenters. The molecule has 1 aliphatic heterocycles. The van der Waals surface area contributed by atoms with Crippen LogP contribution in [0.2, 0.25) is 0 Å². The molecule has 0 spiro atoms. The molecule has 2 amide bonds. The number of piperidine rings is 1. The summed E-state index contributed by atoms with van der Waals surface area (Å²) in [6.45, 7) is 13.7. The van der Waals surface area contributed by atoms with Gasteiger partial charge in [0.15, 0.2) is 0 Å². The topological polar surface area (TPSA) is 76.2 Å². The summed E-state index contributed by atoms with van der Waals surface area (Å²) >= 11 is 0. The highest BCUT2D eigenvalue weighted by molar-refractivity contribution is 5.77. The Bertz CT molecular complexity index is 542. The number of hydrogen-bond acceptors (Lipinski definition) is 5. The number of carbonyl (C=O) groups excluding carboxylic acids is 3. The number of likely N-dealkylation sites (tertiary alicyclic amines) is 1. The minimum Gasteiger partial charge on any atom is -0.379 e. The molecule has 1 heterocycles. The summed E-state index contributed by atoms with van der Waals surface area (Å²) in [5, 5.41) is 0. The molecule has 7 nitrogen and oxygen atoms in total. The number of ketones is 1. The molecule has 0 N–H and O–H groups in total. The lowest BCUT2D eigenvalue weighted by molar-refractivity contribution is -0.138. The molecule has 0 aromatic carbocycles. The molecule has 0 aliphatic carbocycles. The summed E-state index contributed by atoms with van der Waals surface area (Å²) in [5.41, 5.74) is 0. The highest BCUT2D eigenvalue weighted by Crippen LogP contribution is 2.20. The Morgan fingerprint density at radius 3 is 2.06 bits per heavy atom. The number of hydrogen-bond donors (Lipinski definition) is 0. The average Bonchev–Trinajstić information content (AvgIpc) is 2.70. The zero-order valence-electron chi connectivity index (χ0n) is 20.4. The highest BCUT2D eigenvalue weighted by Gasteiger charge is 2.29. The van der Waals surface area contributed by atoms with Gasteiger partial charge >= 0.3 is 0 Å². The molecule has 1 aliphatic rings. The fraction of sp³-hybridized carbons (Fsp3) is 0.875. The first kappa shape index (κ1) is 27.6. The second-order valence-electron chi connectivity index (χ2n) is 9.41. The normalized spacial score (nSPS) is 15.0. The maximum atomic E-state index is 12.8. The van der Waals surface area contributed by atoms with Crippen LogP contribution in [0.1, 0.15) is 73.1 Å². The Kier molecular flexibility index (Phi) is 13.7. The van der Waals surface area contributed by atoms with Crippen molar-refractivity contribution < 1.29 is 23.9 Å². The van der Waals surface area contributed by atoms with Crippen LogP contribution < -0.4 is 0 Å². The van der Waals surface area contributed by atoms with Crippen molar-refractivity contribution in [3.05, 3.63) is 0 Å². The standard InChI is InChI=1S/C24H44N2O5/c1-19(2)6-7-23(28)25-11-8-22(9-12-25)26(24(29)18-20(3)4)13-15-31-17-16-30-14-10-21(5)27/h19-20,22H,6-18H2,1-5H3. The minimum atomic E-state index is 0.118. The van der Waals surface area contributed by atoms with Crippen molar-refractivity contribution in [2.75, 3.05) is 46.1 Å². The molecular weight excluding hydrogens is 396 g/mol. The van der Waals surface area contributed by atoms with Crippen LogP contribution in [0, 0.1) is 11.8 Å². The third-order valence-corrected chi connectivity index (χ3v) is 5.54. The second-order valence-corrected chi connectivity index (χ2v) is 9.41. The van der Waals surface area contributed by atoms with Crippen molar-refractivity contribution in [3.8, 4) is 0 Å². The predicted octanol–water partition coefficient (Wildman–Crippen LogP) is 3.30. The fourth-order valence-corrected chi connectivity index (χ4v) is 3.68. The summed E-state index contributed by atoms with van der Waals surface area (Å²) in [5.74, 6) is 1.36. The first-order valence-electron chi connectivity index (χ1n) is 11.9. The molecule has 0 bridgehead atoms. The van der Waals surface area contributed by atoms with Crippen LogP contribution in [-0.2, 0) is 23.9 Å². The SMILES string of the molecule is CC(=O)CCOCCOCCN(C(=O)CC(C)C)C1CCN(C(=O)CCC(C)C)CC1. The van der Waals surface area contributed by atoms with E-state index in [1.165, 1.54) is 0 Å². The van der Waals surface area contributed by atoms with E-state index in [0.29, 0.717) is 64.1 Å². The zero-order valence-corrected chi connectivity index (χ0v) is 20.4. The molecule has 0 aromatic heterocycles. The third kappa shape index (κ3) is 12.2. The van der Waals surface area contributed by atoms with Crippen LogP contribution in [0.15, 0.2) is 0 Å². The zero-order chi connectivity index (χ0) is 23.2. The van der Waals surface area contributed by atoms with E-state index >= 15 is 0 Å². The Morgan fingerprint density at radius 2 is 1.52 bits per heavy atom. The quantitative estimate of drug-likeness (QED) is 0.365. The van der Waals surface area contributed by atoms with Crippen LogP contribution in [0.3, 0.4) is 0 Å². The number of rotatable bonds is 15. The molecular formula is C24H44N2O5. The van der Waals surface area contributed by atoms with E-state index in [0.717, 1.165) is 32.4 Å². The molecule has 0 aromatic rings. The predicted molar refractivity (Wildman–Crippen MR) is 122 cm³/mol. The van der Waals surface area contributed by atoms with Crippen molar-refractivity contribution in [2.24, 2.45) is 11.8 Å². The van der Waals surface area contributed by atoms with Gasteiger partial charge < -0.3 is 19.3 Å². The summed E-state index contributed by atoms with van der Waals surface area (Å²) in [4.78, 5) is 40.1. The van der Waals surface area contributed by atoms with E-state index in [2.05, 4.69) is 27.7 Å². The minimum absolute atomic E-state index is 0.118. The van der Waals surface area contributed by atoms with Gasteiger partial charge in [-0.05, 0) is 38.0 Å². The Labute approximate surface area is 188 Å². The molecule has 31 heavy (non-hydrogen) atoms. The van der Waals surface area contributed by atoms with Crippen molar-refractivity contribution in [3.63, 3.8) is 0 Å². The fourth-order valence-electron chi connectivity index (χ4n) is 3.68. The Hall–Kier alpha value is -1.47. The van der Waals surface area contributed by atoms with Crippen molar-refractivity contribution >= 4 is 17.6 Å². The molecule has 1 fully saturated rings. The van der Waals surface area contributed by atoms with E-state index < -0.39 is 0 Å². The number of carbonyl (C=O) groups is 3. The number of amides is 2. The molecule has 1 rings (SSSR count). The molecule has 0 radical (unpaired) electrons. The van der Waals surface area contributed by atoms with Gasteiger partial charge in [-0.3, -0.25) is 14.4 Å². The van der Waals surface area contributed by atoms with Crippen LogP contribution in [0.25, 0.3) is 0 Å². The molecule has 1 saturated heterocycles. The largest absolute Gasteiger partial charge is 0.379 e. The van der Waals surface area contributed by atoms with E-state index in [4.69, 9.17) is 9.47 Å². The van der Waals surface area contributed by atoms with Gasteiger partial charge in [0.2, 0.25) is 11.8 Å². The van der Waals surface area contributed by atoms with Gasteiger partial charge in [0.25, 0.3) is 0 Å². The smallest absolute Gasteiger partial charge is 0.223 e. The summed E-state index contributed by atoms with van der Waals surface area (Å²) in [6, 6.07) is 0.163. The lowest BCUT2D eigenvalue weighted by Crippen LogP contribution is -2.50. The number of nitrogens with zero attached hydrogens (tertiary/aromatic N) is 2. The van der Waals surface area contributed by atoms with E-state index in [-0.39, 0.29) is 23.6 Å². The van der Waals surface area contributed by atoms with E-state index in [1.54, 1.807) is 6.92 Å². The van der Waals surface area contributed by atoms with Gasteiger partial charge in [0, 0.05) is 44.9 Å². The monoisotopic (exact) mass is 440 g/mol. The Balaban J connectivity index is 2.43. The van der Waals surface area contributed by atoms with Crippen molar-refractivity contribution in [1.29, 1.82) is 0 Å². The maximum Gasteiger partial charge on any atom is 0.223 e. The molecule has 0 unspecified atom stereocenters. The van der Waals surface area contributed by atoms with Gasteiger partial charge in [0.05, 0.1) is 26.4 Å².